The number of halogens is 6. The second-order valence-corrected chi connectivity index (χ2v) is 8.89. The summed E-state index contributed by atoms with van der Waals surface area (Å²) in [5.74, 6) is -3.86. The summed E-state index contributed by atoms with van der Waals surface area (Å²) in [7, 11) is 0. The van der Waals surface area contributed by atoms with Crippen LogP contribution in [-0.2, 0) is 9.59 Å². The van der Waals surface area contributed by atoms with E-state index in [1.807, 2.05) is 0 Å². The first-order valence-electron chi connectivity index (χ1n) is 10.2. The molecule has 3 aliphatic rings. The van der Waals surface area contributed by atoms with E-state index < -0.39 is 53.2 Å². The first-order chi connectivity index (χ1) is 16.4. The van der Waals surface area contributed by atoms with Crippen LogP contribution in [0.15, 0.2) is 36.4 Å². The summed E-state index contributed by atoms with van der Waals surface area (Å²) in [5, 5.41) is 5.56. The summed E-state index contributed by atoms with van der Waals surface area (Å²) in [6, 6.07) is 6.30. The van der Waals surface area contributed by atoms with Gasteiger partial charge >= 0.3 is 6.36 Å². The minimum absolute atomic E-state index is 0.0611. The molecule has 0 aliphatic heterocycles. The molecule has 0 unspecified atom stereocenters. The minimum atomic E-state index is -5.04. The molecule has 35 heavy (non-hydrogen) atoms. The van der Waals surface area contributed by atoms with Crippen LogP contribution in [0.2, 0.25) is 5.02 Å². The molecular weight excluding hydrogens is 503 g/mol. The molecule has 0 atom stereocenters. The van der Waals surface area contributed by atoms with E-state index in [1.54, 1.807) is 0 Å². The fraction of sp³-hybridized carbons (Fsp3) is 0.364. The molecule has 7 nitrogen and oxygen atoms in total. The van der Waals surface area contributed by atoms with Crippen molar-refractivity contribution < 1.29 is 45.8 Å². The molecule has 0 spiro atoms. The molecule has 188 valence electrons. The fourth-order valence-electron chi connectivity index (χ4n) is 4.36. The topological polar surface area (TPSA) is 85.9 Å². The molecule has 3 saturated carbocycles. The van der Waals surface area contributed by atoms with Gasteiger partial charge in [0, 0.05) is 23.2 Å². The van der Waals surface area contributed by atoms with Crippen molar-refractivity contribution in [3.63, 3.8) is 0 Å². The lowest BCUT2D eigenvalue weighted by atomic mass is 9.44. The molecule has 3 fully saturated rings. The van der Waals surface area contributed by atoms with Gasteiger partial charge in [0.15, 0.2) is 24.8 Å². The summed E-state index contributed by atoms with van der Waals surface area (Å²) >= 11 is 5.59. The molecular formula is C22H18ClF5N2O5. The van der Waals surface area contributed by atoms with Crippen LogP contribution in [-0.4, -0.2) is 42.5 Å². The maximum atomic E-state index is 13.7. The summed E-state index contributed by atoms with van der Waals surface area (Å²) < 4.78 is 77.6. The maximum Gasteiger partial charge on any atom is 0.573 e. The molecule has 0 aromatic heterocycles. The van der Waals surface area contributed by atoms with Gasteiger partial charge in [-0.15, -0.1) is 13.2 Å². The highest BCUT2D eigenvalue weighted by Crippen LogP contribution is 2.60. The third kappa shape index (κ3) is 5.87. The maximum absolute atomic E-state index is 13.7. The van der Waals surface area contributed by atoms with Crippen LogP contribution < -0.4 is 24.8 Å². The molecule has 0 heterocycles. The lowest BCUT2D eigenvalue weighted by Crippen LogP contribution is -2.84. The van der Waals surface area contributed by atoms with Gasteiger partial charge in [-0.05, 0) is 43.5 Å². The number of carbonyl (C=O) groups excluding carboxylic acids is 2. The number of carbonyl (C=O) groups is 2. The molecule has 2 aromatic rings. The molecule has 3 aliphatic carbocycles. The first kappa shape index (κ1) is 24.8. The first-order valence-corrected chi connectivity index (χ1v) is 10.6. The van der Waals surface area contributed by atoms with E-state index in [4.69, 9.17) is 21.1 Å². The second-order valence-electron chi connectivity index (χ2n) is 8.48. The number of ether oxygens (including phenoxy) is 3. The molecule has 2 N–H and O–H groups in total. The third-order valence-corrected chi connectivity index (χ3v) is 5.91. The number of amides is 2. The number of benzene rings is 2. The smallest absolute Gasteiger partial charge is 0.484 e. The molecule has 0 radical (unpaired) electrons. The van der Waals surface area contributed by atoms with Crippen LogP contribution in [0.4, 0.5) is 22.0 Å². The predicted octanol–water partition coefficient (Wildman–Crippen LogP) is 3.88. The molecule has 2 amide bonds. The van der Waals surface area contributed by atoms with Crippen LogP contribution in [0.5, 0.6) is 17.2 Å². The fourth-order valence-corrected chi connectivity index (χ4v) is 4.48. The van der Waals surface area contributed by atoms with E-state index in [0.717, 1.165) is 18.2 Å². The average molecular weight is 521 g/mol. The zero-order chi connectivity index (χ0) is 25.4. The van der Waals surface area contributed by atoms with Gasteiger partial charge in [0.2, 0.25) is 0 Å². The summed E-state index contributed by atoms with van der Waals surface area (Å²) in [4.78, 5) is 24.3. The van der Waals surface area contributed by atoms with Crippen LogP contribution in [0, 0.1) is 11.6 Å². The highest BCUT2D eigenvalue weighted by atomic mass is 35.5. The Labute approximate surface area is 200 Å². The number of rotatable bonds is 9. The predicted molar refractivity (Wildman–Crippen MR) is 111 cm³/mol. The standard InChI is InChI=1S/C22H18ClF5N2O5/c23-14-3-1-12(5-15(14)24)33-7-18(31)29-20-9-21(10-20,11-20)30-19(32)8-34-13-2-4-17(16(25)6-13)35-22(26,27)28/h1-6H,7-11H2,(H,29,31)(H,30,32). The zero-order valence-corrected chi connectivity index (χ0v) is 18.6. The number of hydrogen-bond donors (Lipinski definition) is 2. The zero-order valence-electron chi connectivity index (χ0n) is 17.8. The molecule has 0 saturated heterocycles. The SMILES string of the molecule is O=C(COc1ccc(Cl)c(F)c1)NC12CC(NC(=O)COc3ccc(OC(F)(F)F)c(F)c3)(C1)C2. The Morgan fingerprint density at radius 1 is 0.857 bits per heavy atom. The Morgan fingerprint density at radius 3 is 1.80 bits per heavy atom. The van der Waals surface area contributed by atoms with Crippen LogP contribution in [0.25, 0.3) is 0 Å². The highest BCUT2D eigenvalue weighted by Gasteiger charge is 2.69. The normalized spacial score (nSPS) is 22.3. The van der Waals surface area contributed by atoms with Crippen molar-refractivity contribution in [2.24, 2.45) is 0 Å². The lowest BCUT2D eigenvalue weighted by Gasteiger charge is -2.70. The van der Waals surface area contributed by atoms with E-state index in [9.17, 15) is 31.5 Å². The second kappa shape index (κ2) is 9.06. The van der Waals surface area contributed by atoms with Crippen molar-refractivity contribution in [3.05, 3.63) is 53.1 Å². The third-order valence-electron chi connectivity index (χ3n) is 5.60. The van der Waals surface area contributed by atoms with Gasteiger partial charge < -0.3 is 24.8 Å². The lowest BCUT2D eigenvalue weighted by molar-refractivity contribution is -0.275. The number of nitrogens with one attached hydrogen (secondary N) is 2. The Kier molecular flexibility index (Phi) is 6.43. The van der Waals surface area contributed by atoms with Crippen molar-refractivity contribution in [1.29, 1.82) is 0 Å². The van der Waals surface area contributed by atoms with Gasteiger partial charge in [-0.3, -0.25) is 9.59 Å². The van der Waals surface area contributed by atoms with Gasteiger partial charge in [-0.1, -0.05) is 11.6 Å². The van der Waals surface area contributed by atoms with E-state index >= 15 is 0 Å². The molecule has 2 aromatic carbocycles. The van der Waals surface area contributed by atoms with Gasteiger partial charge in [0.1, 0.15) is 17.3 Å². The van der Waals surface area contributed by atoms with E-state index in [1.165, 1.54) is 12.1 Å². The molecule has 5 rings (SSSR count). The van der Waals surface area contributed by atoms with E-state index in [-0.39, 0.29) is 23.1 Å². The number of hydrogen-bond acceptors (Lipinski definition) is 5. The van der Waals surface area contributed by atoms with Gasteiger partial charge in [-0.2, -0.15) is 0 Å². The van der Waals surface area contributed by atoms with Gasteiger partial charge in [0.05, 0.1) is 5.02 Å². The van der Waals surface area contributed by atoms with Crippen LogP contribution in [0.3, 0.4) is 0 Å². The quantitative estimate of drug-likeness (QED) is 0.490. The monoisotopic (exact) mass is 520 g/mol. The number of alkyl halides is 3. The van der Waals surface area contributed by atoms with E-state index in [0.29, 0.717) is 25.3 Å². The van der Waals surface area contributed by atoms with Crippen molar-refractivity contribution in [3.8, 4) is 17.2 Å². The average Bonchev–Trinajstić information content (AvgIpc) is 2.71. The molecule has 13 heteroatoms. The van der Waals surface area contributed by atoms with E-state index in [2.05, 4.69) is 15.4 Å². The Balaban J connectivity index is 1.17. The minimum Gasteiger partial charge on any atom is -0.484 e. The van der Waals surface area contributed by atoms with Crippen molar-refractivity contribution in [2.75, 3.05) is 13.2 Å². The van der Waals surface area contributed by atoms with Crippen LogP contribution >= 0.6 is 11.6 Å². The van der Waals surface area contributed by atoms with Crippen molar-refractivity contribution >= 4 is 23.4 Å². The molecule has 2 bridgehead atoms. The largest absolute Gasteiger partial charge is 0.573 e. The Bertz CT molecular complexity index is 1140. The van der Waals surface area contributed by atoms with Crippen LogP contribution in [0.1, 0.15) is 19.3 Å². The van der Waals surface area contributed by atoms with Gasteiger partial charge in [0.25, 0.3) is 11.8 Å². The van der Waals surface area contributed by atoms with Crippen molar-refractivity contribution in [1.82, 2.24) is 10.6 Å². The van der Waals surface area contributed by atoms with Gasteiger partial charge in [-0.25, -0.2) is 8.78 Å². The summed E-state index contributed by atoms with van der Waals surface area (Å²) in [6.07, 6.45) is -3.56. The summed E-state index contributed by atoms with van der Waals surface area (Å²) in [6.45, 7) is -0.801. The highest BCUT2D eigenvalue weighted by molar-refractivity contribution is 6.30. The van der Waals surface area contributed by atoms with Crippen molar-refractivity contribution in [2.45, 2.75) is 36.7 Å². The Hall–Kier alpha value is -3.28. The summed E-state index contributed by atoms with van der Waals surface area (Å²) in [5.41, 5.74) is -0.958. The Morgan fingerprint density at radius 2 is 1.34 bits per heavy atom.